The number of carbonyl (C=O) groups is 1. The first-order valence-corrected chi connectivity index (χ1v) is 7.32. The van der Waals surface area contributed by atoms with E-state index < -0.39 is 0 Å². The molecule has 18 heavy (non-hydrogen) atoms. The summed E-state index contributed by atoms with van der Waals surface area (Å²) in [6.07, 6.45) is 5.31. The Morgan fingerprint density at radius 1 is 1.39 bits per heavy atom. The fourth-order valence-corrected chi connectivity index (χ4v) is 4.37. The van der Waals surface area contributed by atoms with Crippen LogP contribution in [0.15, 0.2) is 0 Å². The minimum absolute atomic E-state index is 0.184. The van der Waals surface area contributed by atoms with Crippen molar-refractivity contribution < 1.29 is 4.79 Å². The molecule has 1 aliphatic heterocycles. The number of carbonyl (C=O) groups excluding carboxylic acids is 1. The predicted molar refractivity (Wildman–Crippen MR) is 74.1 cm³/mol. The first kappa shape index (κ1) is 13.9. The lowest BCUT2D eigenvalue weighted by molar-refractivity contribution is -0.133. The molecule has 2 fully saturated rings. The quantitative estimate of drug-likeness (QED) is 0.839. The van der Waals surface area contributed by atoms with Crippen molar-refractivity contribution in [3.05, 3.63) is 0 Å². The maximum atomic E-state index is 12.4. The highest BCUT2D eigenvalue weighted by molar-refractivity contribution is 5.82. The van der Waals surface area contributed by atoms with Crippen LogP contribution in [0.2, 0.25) is 0 Å². The number of amides is 1. The largest absolute Gasteiger partial charge is 0.338 e. The number of fused-ring (bicyclic) bond motifs is 2. The van der Waals surface area contributed by atoms with E-state index in [-0.39, 0.29) is 11.9 Å². The zero-order chi connectivity index (χ0) is 13.6. The molecule has 104 valence electrons. The second-order valence-electron chi connectivity index (χ2n) is 7.58. The Morgan fingerprint density at radius 2 is 2.06 bits per heavy atom. The Labute approximate surface area is 111 Å². The van der Waals surface area contributed by atoms with Crippen molar-refractivity contribution in [3.63, 3.8) is 0 Å². The number of likely N-dealkylation sites (tertiary alicyclic amines) is 1. The molecule has 0 aromatic heterocycles. The lowest BCUT2D eigenvalue weighted by Gasteiger charge is -2.39. The molecule has 2 rings (SSSR count). The van der Waals surface area contributed by atoms with Crippen molar-refractivity contribution in [2.24, 2.45) is 16.6 Å². The van der Waals surface area contributed by atoms with E-state index in [1.807, 2.05) is 0 Å². The van der Waals surface area contributed by atoms with Crippen molar-refractivity contribution in [2.45, 2.75) is 71.9 Å². The zero-order valence-electron chi connectivity index (χ0n) is 12.3. The van der Waals surface area contributed by atoms with Gasteiger partial charge in [0.05, 0.1) is 6.04 Å². The van der Waals surface area contributed by atoms with Gasteiger partial charge in [0.1, 0.15) is 0 Å². The van der Waals surface area contributed by atoms with Gasteiger partial charge in [0.15, 0.2) is 0 Å². The van der Waals surface area contributed by atoms with Crippen LogP contribution in [0.3, 0.4) is 0 Å². The molecule has 1 aliphatic carbocycles. The Kier molecular flexibility index (Phi) is 3.48. The van der Waals surface area contributed by atoms with Gasteiger partial charge in [-0.3, -0.25) is 4.79 Å². The molecule has 3 nitrogen and oxygen atoms in total. The first-order chi connectivity index (χ1) is 8.26. The molecule has 1 amide bonds. The highest BCUT2D eigenvalue weighted by Crippen LogP contribution is 2.52. The van der Waals surface area contributed by atoms with E-state index >= 15 is 0 Å². The third-order valence-corrected chi connectivity index (χ3v) is 4.61. The van der Waals surface area contributed by atoms with Crippen molar-refractivity contribution in [1.82, 2.24) is 4.90 Å². The molecule has 2 bridgehead atoms. The molecule has 2 N–H and O–H groups in total. The maximum Gasteiger partial charge on any atom is 0.239 e. The smallest absolute Gasteiger partial charge is 0.239 e. The first-order valence-electron chi connectivity index (χ1n) is 7.32. The van der Waals surface area contributed by atoms with Gasteiger partial charge in [-0.05, 0) is 36.5 Å². The highest BCUT2D eigenvalue weighted by Gasteiger charge is 2.51. The van der Waals surface area contributed by atoms with Gasteiger partial charge in [-0.1, -0.05) is 34.1 Å². The Hall–Kier alpha value is -0.570. The summed E-state index contributed by atoms with van der Waals surface area (Å²) in [5.74, 6) is 0.184. The van der Waals surface area contributed by atoms with Crippen LogP contribution in [0, 0.1) is 10.8 Å². The molecule has 1 saturated carbocycles. The number of hydrogen-bond donors (Lipinski definition) is 1. The van der Waals surface area contributed by atoms with Gasteiger partial charge in [0, 0.05) is 12.6 Å². The van der Waals surface area contributed by atoms with Crippen molar-refractivity contribution in [2.75, 3.05) is 6.54 Å². The summed E-state index contributed by atoms with van der Waals surface area (Å²) in [5, 5.41) is 0. The molecule has 0 aromatic rings. The highest BCUT2D eigenvalue weighted by atomic mass is 16.2. The van der Waals surface area contributed by atoms with Crippen LogP contribution in [-0.4, -0.2) is 29.4 Å². The van der Waals surface area contributed by atoms with E-state index in [0.717, 1.165) is 25.8 Å². The predicted octanol–water partition coefficient (Wildman–Crippen LogP) is 2.54. The molecular formula is C15H28N2O. The van der Waals surface area contributed by atoms with Crippen LogP contribution >= 0.6 is 0 Å². The normalized spacial score (nSPS) is 35.6. The van der Waals surface area contributed by atoms with Crippen LogP contribution in [0.4, 0.5) is 0 Å². The monoisotopic (exact) mass is 252 g/mol. The summed E-state index contributed by atoms with van der Waals surface area (Å²) >= 11 is 0. The molecule has 0 spiro atoms. The van der Waals surface area contributed by atoms with Gasteiger partial charge in [-0.25, -0.2) is 0 Å². The fourth-order valence-electron chi connectivity index (χ4n) is 4.37. The molecular weight excluding hydrogens is 224 g/mol. The molecule has 2 unspecified atom stereocenters. The van der Waals surface area contributed by atoms with E-state index in [9.17, 15) is 4.79 Å². The second kappa shape index (κ2) is 4.52. The second-order valence-corrected chi connectivity index (χ2v) is 7.58. The number of rotatable bonds is 3. The van der Waals surface area contributed by atoms with E-state index in [2.05, 4.69) is 32.6 Å². The summed E-state index contributed by atoms with van der Waals surface area (Å²) in [5.41, 5.74) is 6.69. The lowest BCUT2D eigenvalue weighted by atomic mass is 9.65. The van der Waals surface area contributed by atoms with E-state index in [4.69, 9.17) is 5.73 Å². The minimum atomic E-state index is -0.291. The molecule has 0 aromatic carbocycles. The fraction of sp³-hybridized carbons (Fsp3) is 0.933. The summed E-state index contributed by atoms with van der Waals surface area (Å²) in [6.45, 7) is 9.99. The maximum absolute atomic E-state index is 12.4. The van der Waals surface area contributed by atoms with Crippen molar-refractivity contribution in [3.8, 4) is 0 Å². The van der Waals surface area contributed by atoms with Crippen LogP contribution in [0.25, 0.3) is 0 Å². The van der Waals surface area contributed by atoms with Crippen molar-refractivity contribution in [1.29, 1.82) is 0 Å². The van der Waals surface area contributed by atoms with Gasteiger partial charge in [-0.15, -0.1) is 0 Å². The SMILES string of the molecule is CCC[C@@H](N)C(=O)N1CC2(C)CC1CC(C)(C)C2. The molecule has 1 heterocycles. The van der Waals surface area contributed by atoms with Gasteiger partial charge in [0.25, 0.3) is 0 Å². The number of nitrogens with two attached hydrogens (primary N) is 1. The van der Waals surface area contributed by atoms with Crippen LogP contribution in [-0.2, 0) is 4.79 Å². The van der Waals surface area contributed by atoms with E-state index in [1.165, 1.54) is 12.8 Å². The molecule has 2 aliphatic rings. The number of nitrogens with zero attached hydrogens (tertiary/aromatic N) is 1. The minimum Gasteiger partial charge on any atom is -0.338 e. The Bertz CT molecular complexity index is 339. The van der Waals surface area contributed by atoms with Gasteiger partial charge >= 0.3 is 0 Å². The van der Waals surface area contributed by atoms with Crippen LogP contribution < -0.4 is 5.73 Å². The molecule has 3 atom stereocenters. The van der Waals surface area contributed by atoms with Gasteiger partial charge < -0.3 is 10.6 Å². The zero-order valence-corrected chi connectivity index (χ0v) is 12.3. The van der Waals surface area contributed by atoms with Crippen LogP contribution in [0.5, 0.6) is 0 Å². The topological polar surface area (TPSA) is 46.3 Å². The number of hydrogen-bond acceptors (Lipinski definition) is 2. The summed E-state index contributed by atoms with van der Waals surface area (Å²) < 4.78 is 0. The van der Waals surface area contributed by atoms with E-state index in [0.29, 0.717) is 16.9 Å². The average Bonchev–Trinajstić information content (AvgIpc) is 2.47. The molecule has 1 saturated heterocycles. The standard InChI is InChI=1S/C15H28N2O/c1-5-6-12(16)13(18)17-10-15(4)8-11(17)7-14(2,3)9-15/h11-12H,5-10,16H2,1-4H3/t11?,12-,15?/m1/s1. The molecule has 0 radical (unpaired) electrons. The van der Waals surface area contributed by atoms with Crippen molar-refractivity contribution >= 4 is 5.91 Å². The third kappa shape index (κ3) is 2.56. The average molecular weight is 252 g/mol. The third-order valence-electron chi connectivity index (χ3n) is 4.61. The Morgan fingerprint density at radius 3 is 2.67 bits per heavy atom. The summed E-state index contributed by atoms with van der Waals surface area (Å²) in [7, 11) is 0. The lowest BCUT2D eigenvalue weighted by Crippen LogP contribution is -2.46. The Balaban J connectivity index is 2.11. The summed E-state index contributed by atoms with van der Waals surface area (Å²) in [6, 6.07) is 0.134. The summed E-state index contributed by atoms with van der Waals surface area (Å²) in [4.78, 5) is 14.5. The van der Waals surface area contributed by atoms with Gasteiger partial charge in [0.2, 0.25) is 5.91 Å². The van der Waals surface area contributed by atoms with E-state index in [1.54, 1.807) is 0 Å². The molecule has 3 heteroatoms. The van der Waals surface area contributed by atoms with Gasteiger partial charge in [-0.2, -0.15) is 0 Å². The van der Waals surface area contributed by atoms with Crippen LogP contribution in [0.1, 0.15) is 59.8 Å².